The molecule has 1 aliphatic heterocycles. The Bertz CT molecular complexity index is 952. The van der Waals surface area contributed by atoms with Crippen molar-refractivity contribution in [2.24, 2.45) is 0 Å². The van der Waals surface area contributed by atoms with Gasteiger partial charge in [0.1, 0.15) is 30.5 Å². The number of nitrogens with one attached hydrogen (secondary N) is 1. The fraction of sp³-hybridized carbons (Fsp3) is 0.939. The maximum atomic E-state index is 13.1. The first-order chi connectivity index (χ1) is 28.8. The van der Waals surface area contributed by atoms with Gasteiger partial charge in [0.2, 0.25) is 5.91 Å². The number of carbonyl (C=O) groups excluding carboxylic acids is 1. The zero-order valence-corrected chi connectivity index (χ0v) is 38.1. The summed E-state index contributed by atoms with van der Waals surface area (Å²) in [5.74, 6) is -0.586. The van der Waals surface area contributed by atoms with Gasteiger partial charge in [-0.25, -0.2) is 0 Å². The van der Waals surface area contributed by atoms with Crippen LogP contribution in [0, 0.1) is 0 Å². The first-order valence-electron chi connectivity index (χ1n) is 25.0. The summed E-state index contributed by atoms with van der Waals surface area (Å²) in [5, 5.41) is 65.0. The highest BCUT2D eigenvalue weighted by molar-refractivity contribution is 5.80. The average molecular weight is 842 g/mol. The first-order valence-corrected chi connectivity index (χ1v) is 25.0. The molecule has 1 saturated heterocycles. The van der Waals surface area contributed by atoms with Gasteiger partial charge in [0, 0.05) is 0 Å². The first kappa shape index (κ1) is 55.9. The van der Waals surface area contributed by atoms with Gasteiger partial charge < -0.3 is 45.4 Å². The highest BCUT2D eigenvalue weighted by Gasteiger charge is 2.44. The van der Waals surface area contributed by atoms with Crippen LogP contribution in [-0.4, -0.2) is 98.7 Å². The van der Waals surface area contributed by atoms with Crippen molar-refractivity contribution in [1.29, 1.82) is 0 Å². The van der Waals surface area contributed by atoms with Crippen LogP contribution in [0.25, 0.3) is 0 Å². The molecule has 0 spiro atoms. The van der Waals surface area contributed by atoms with Crippen LogP contribution in [0.5, 0.6) is 0 Å². The highest BCUT2D eigenvalue weighted by atomic mass is 16.7. The Labute approximate surface area is 361 Å². The number of aliphatic hydroxyl groups is 6. The van der Waals surface area contributed by atoms with Crippen molar-refractivity contribution < 1.29 is 44.9 Å². The summed E-state index contributed by atoms with van der Waals surface area (Å²) in [6.45, 7) is 3.68. The third-order valence-electron chi connectivity index (χ3n) is 12.2. The number of hydrogen-bond acceptors (Lipinski definition) is 9. The van der Waals surface area contributed by atoms with E-state index in [4.69, 9.17) is 9.47 Å². The van der Waals surface area contributed by atoms with Crippen molar-refractivity contribution in [2.75, 3.05) is 13.2 Å². The summed E-state index contributed by atoms with van der Waals surface area (Å²) in [5.41, 5.74) is 0. The second-order valence-corrected chi connectivity index (χ2v) is 17.8. The number of allylic oxidation sites excluding steroid dienone is 2. The predicted molar refractivity (Wildman–Crippen MR) is 241 cm³/mol. The zero-order valence-electron chi connectivity index (χ0n) is 38.1. The Kier molecular flexibility index (Phi) is 37.6. The Hall–Kier alpha value is -1.11. The van der Waals surface area contributed by atoms with Crippen LogP contribution in [0.2, 0.25) is 0 Å². The lowest BCUT2D eigenvalue weighted by molar-refractivity contribution is -0.302. The third kappa shape index (κ3) is 29.8. The molecule has 0 saturated carbocycles. The second-order valence-electron chi connectivity index (χ2n) is 17.8. The molecule has 10 nitrogen and oxygen atoms in total. The van der Waals surface area contributed by atoms with Crippen LogP contribution in [0.4, 0.5) is 0 Å². The third-order valence-corrected chi connectivity index (χ3v) is 12.2. The molecular weight excluding hydrogens is 747 g/mol. The SMILES string of the molecule is CCCCCCCCCC/C=C\CCCCCCCCC(O)C(=O)NC(COC1OC(CO)C(O)C(O)C1O)C(O)CCCCCCCCCCCCCCCCCC. The molecule has 0 radical (unpaired) electrons. The van der Waals surface area contributed by atoms with E-state index in [9.17, 15) is 35.4 Å². The Morgan fingerprint density at radius 1 is 0.559 bits per heavy atom. The number of rotatable bonds is 42. The monoisotopic (exact) mass is 842 g/mol. The summed E-state index contributed by atoms with van der Waals surface area (Å²) in [6.07, 6.45) is 35.4. The van der Waals surface area contributed by atoms with Gasteiger partial charge in [-0.15, -0.1) is 0 Å². The van der Waals surface area contributed by atoms with Gasteiger partial charge in [0.05, 0.1) is 25.4 Å². The van der Waals surface area contributed by atoms with Crippen molar-refractivity contribution in [2.45, 2.75) is 281 Å². The van der Waals surface area contributed by atoms with Crippen molar-refractivity contribution in [1.82, 2.24) is 5.32 Å². The molecule has 1 aliphatic rings. The average Bonchev–Trinajstić information content (AvgIpc) is 3.23. The van der Waals surface area contributed by atoms with Crippen molar-refractivity contribution >= 4 is 5.91 Å². The number of carbonyl (C=O) groups is 1. The van der Waals surface area contributed by atoms with E-state index in [0.717, 1.165) is 57.8 Å². The Morgan fingerprint density at radius 2 is 0.949 bits per heavy atom. The maximum absolute atomic E-state index is 13.1. The lowest BCUT2D eigenvalue weighted by Gasteiger charge is -2.40. The van der Waals surface area contributed by atoms with Crippen LogP contribution in [0.1, 0.15) is 232 Å². The number of hydrogen-bond donors (Lipinski definition) is 7. The molecule has 1 fully saturated rings. The maximum Gasteiger partial charge on any atom is 0.249 e. The molecule has 7 N–H and O–H groups in total. The van der Waals surface area contributed by atoms with E-state index < -0.39 is 61.5 Å². The fourth-order valence-electron chi connectivity index (χ4n) is 8.10. The van der Waals surface area contributed by atoms with Crippen LogP contribution in [0.3, 0.4) is 0 Å². The summed E-state index contributed by atoms with van der Waals surface area (Å²) in [7, 11) is 0. The summed E-state index contributed by atoms with van der Waals surface area (Å²) in [4.78, 5) is 13.1. The van der Waals surface area contributed by atoms with Crippen LogP contribution >= 0.6 is 0 Å². The summed E-state index contributed by atoms with van der Waals surface area (Å²) in [6, 6.07) is -0.893. The van der Waals surface area contributed by atoms with E-state index in [-0.39, 0.29) is 6.61 Å². The van der Waals surface area contributed by atoms with Crippen molar-refractivity contribution in [3.05, 3.63) is 12.2 Å². The van der Waals surface area contributed by atoms with Gasteiger partial charge in [-0.1, -0.05) is 206 Å². The number of unbranched alkanes of at least 4 members (excludes halogenated alkanes) is 29. The molecule has 8 unspecified atom stereocenters. The lowest BCUT2D eigenvalue weighted by atomic mass is 9.99. The molecule has 1 heterocycles. The van der Waals surface area contributed by atoms with E-state index in [1.54, 1.807) is 0 Å². The van der Waals surface area contributed by atoms with Gasteiger partial charge in [-0.2, -0.15) is 0 Å². The van der Waals surface area contributed by atoms with E-state index in [1.165, 1.54) is 148 Å². The molecule has 1 rings (SSSR count). The van der Waals surface area contributed by atoms with E-state index >= 15 is 0 Å². The standard InChI is InChI=1S/C49H95NO9/c1-3-5-7-9-11-13-15-17-19-21-22-24-26-28-30-32-34-36-38-43(53)48(57)50-41(40-58-49-47(56)46(55)45(54)44(39-51)59-49)42(52)37-35-33-31-29-27-25-23-20-18-16-14-12-10-8-6-4-2/h21-22,41-47,49,51-56H,3-20,23-40H2,1-2H3,(H,50,57)/b22-21-. The van der Waals surface area contributed by atoms with Crippen molar-refractivity contribution in [3.8, 4) is 0 Å². The predicted octanol–water partition coefficient (Wildman–Crippen LogP) is 9.87. The molecule has 0 aliphatic carbocycles. The minimum Gasteiger partial charge on any atom is -0.394 e. The van der Waals surface area contributed by atoms with E-state index in [0.29, 0.717) is 12.8 Å². The minimum absolute atomic E-state index is 0.254. The molecule has 0 aromatic rings. The molecule has 1 amide bonds. The molecule has 8 atom stereocenters. The fourth-order valence-corrected chi connectivity index (χ4v) is 8.10. The Morgan fingerprint density at radius 3 is 1.37 bits per heavy atom. The lowest BCUT2D eigenvalue weighted by Crippen LogP contribution is -2.60. The zero-order chi connectivity index (χ0) is 43.2. The topological polar surface area (TPSA) is 169 Å². The minimum atomic E-state index is -1.60. The smallest absolute Gasteiger partial charge is 0.249 e. The van der Waals surface area contributed by atoms with E-state index in [2.05, 4.69) is 31.3 Å². The van der Waals surface area contributed by atoms with Gasteiger partial charge in [0.15, 0.2) is 6.29 Å². The molecular formula is C49H95NO9. The number of ether oxygens (including phenoxy) is 2. The van der Waals surface area contributed by atoms with E-state index in [1.807, 2.05) is 0 Å². The molecule has 0 bridgehead atoms. The van der Waals surface area contributed by atoms with Crippen LogP contribution < -0.4 is 5.32 Å². The second kappa shape index (κ2) is 39.7. The largest absolute Gasteiger partial charge is 0.394 e. The Balaban J connectivity index is 2.35. The van der Waals surface area contributed by atoms with Gasteiger partial charge in [-0.3, -0.25) is 4.79 Å². The molecule has 59 heavy (non-hydrogen) atoms. The van der Waals surface area contributed by atoms with Crippen LogP contribution in [-0.2, 0) is 14.3 Å². The quantitative estimate of drug-likeness (QED) is 0.0234. The molecule has 0 aromatic carbocycles. The molecule has 10 heteroatoms. The van der Waals surface area contributed by atoms with Crippen LogP contribution in [0.15, 0.2) is 12.2 Å². The summed E-state index contributed by atoms with van der Waals surface area (Å²) >= 11 is 0. The molecule has 350 valence electrons. The molecule has 0 aromatic heterocycles. The summed E-state index contributed by atoms with van der Waals surface area (Å²) < 4.78 is 11.2. The van der Waals surface area contributed by atoms with Gasteiger partial charge in [0.25, 0.3) is 0 Å². The number of aliphatic hydroxyl groups excluding tert-OH is 6. The van der Waals surface area contributed by atoms with Gasteiger partial charge >= 0.3 is 0 Å². The van der Waals surface area contributed by atoms with Crippen molar-refractivity contribution in [3.63, 3.8) is 0 Å². The number of amides is 1. The highest BCUT2D eigenvalue weighted by Crippen LogP contribution is 2.23. The normalized spacial score (nSPS) is 21.3. The van der Waals surface area contributed by atoms with Gasteiger partial charge in [-0.05, 0) is 38.5 Å².